The smallest absolute Gasteiger partial charge is 0.0718 e. The van der Waals surface area contributed by atoms with E-state index in [0.29, 0.717) is 11.8 Å². The molecule has 0 bridgehead atoms. The second-order valence-electron chi connectivity index (χ2n) is 8.18. The fraction of sp³-hybridized carbons (Fsp3) is 0.333. The van der Waals surface area contributed by atoms with Crippen LogP contribution in [-0.4, -0.2) is 36.8 Å². The molecule has 0 spiro atoms. The summed E-state index contributed by atoms with van der Waals surface area (Å²) in [6.07, 6.45) is 0. The van der Waals surface area contributed by atoms with Gasteiger partial charge in [0.25, 0.3) is 0 Å². The topological polar surface area (TPSA) is 35.5 Å². The first-order chi connectivity index (χ1) is 13.2. The molecule has 138 valence electrons. The van der Waals surface area contributed by atoms with E-state index in [1.165, 1.54) is 21.9 Å². The van der Waals surface area contributed by atoms with Crippen LogP contribution in [0.1, 0.15) is 17.2 Å². The van der Waals surface area contributed by atoms with Gasteiger partial charge in [0.15, 0.2) is 0 Å². The van der Waals surface area contributed by atoms with E-state index in [2.05, 4.69) is 84.0 Å². The maximum atomic E-state index is 10.6. The van der Waals surface area contributed by atoms with Gasteiger partial charge in [0, 0.05) is 25.0 Å². The van der Waals surface area contributed by atoms with Crippen LogP contribution in [0.2, 0.25) is 0 Å². The number of benzene rings is 3. The Morgan fingerprint density at radius 3 is 2.52 bits per heavy atom. The lowest BCUT2D eigenvalue weighted by molar-refractivity contribution is 0.129. The van der Waals surface area contributed by atoms with Gasteiger partial charge in [-0.25, -0.2) is 0 Å². The molecule has 2 aliphatic rings. The minimum absolute atomic E-state index is 0.118. The fourth-order valence-corrected chi connectivity index (χ4v) is 5.50. The number of hydrogen-bond acceptors (Lipinski definition) is 3. The molecule has 3 aromatic rings. The van der Waals surface area contributed by atoms with Crippen molar-refractivity contribution in [3.05, 3.63) is 83.9 Å². The Kier molecular flexibility index (Phi) is 4.05. The van der Waals surface area contributed by atoms with E-state index in [-0.39, 0.29) is 12.6 Å². The molecule has 2 N–H and O–H groups in total. The van der Waals surface area contributed by atoms with Crippen molar-refractivity contribution in [3.8, 4) is 0 Å². The van der Waals surface area contributed by atoms with Gasteiger partial charge in [0.1, 0.15) is 0 Å². The Labute approximate surface area is 160 Å². The molecule has 4 atom stereocenters. The van der Waals surface area contributed by atoms with Crippen molar-refractivity contribution in [2.75, 3.05) is 26.7 Å². The highest BCUT2D eigenvalue weighted by Gasteiger charge is 2.57. The van der Waals surface area contributed by atoms with Gasteiger partial charge in [-0.1, -0.05) is 72.8 Å². The summed E-state index contributed by atoms with van der Waals surface area (Å²) < 4.78 is 0. The average Bonchev–Trinajstić information content (AvgIpc) is 3.24. The predicted molar refractivity (Wildman–Crippen MR) is 110 cm³/mol. The normalized spacial score (nSPS) is 30.7. The van der Waals surface area contributed by atoms with E-state index in [9.17, 15) is 5.11 Å². The van der Waals surface area contributed by atoms with Gasteiger partial charge < -0.3 is 10.0 Å². The molecule has 0 radical (unpaired) electrons. The van der Waals surface area contributed by atoms with E-state index in [1.807, 2.05) is 6.07 Å². The van der Waals surface area contributed by atoms with Crippen molar-refractivity contribution in [1.29, 1.82) is 0 Å². The van der Waals surface area contributed by atoms with Crippen LogP contribution in [0.5, 0.6) is 0 Å². The highest BCUT2D eigenvalue weighted by molar-refractivity contribution is 5.86. The second kappa shape index (κ2) is 6.45. The van der Waals surface area contributed by atoms with Crippen LogP contribution >= 0.6 is 0 Å². The number of nitrogens with zero attached hydrogens (tertiary/aromatic N) is 1. The van der Waals surface area contributed by atoms with Gasteiger partial charge in [0.2, 0.25) is 0 Å². The zero-order valence-electron chi connectivity index (χ0n) is 15.7. The minimum atomic E-state index is -0.391. The molecule has 0 aromatic heterocycles. The third kappa shape index (κ3) is 2.53. The first kappa shape index (κ1) is 16.9. The molecule has 2 aliphatic heterocycles. The molecule has 2 heterocycles. The molecule has 2 fully saturated rings. The molecular formula is C24H26N2O. The maximum Gasteiger partial charge on any atom is 0.0718 e. The molecule has 3 nitrogen and oxygen atoms in total. The monoisotopic (exact) mass is 358 g/mol. The lowest BCUT2D eigenvalue weighted by Gasteiger charge is -2.35. The van der Waals surface area contributed by atoms with E-state index in [4.69, 9.17) is 0 Å². The largest absolute Gasteiger partial charge is 0.394 e. The van der Waals surface area contributed by atoms with Crippen LogP contribution in [0.25, 0.3) is 10.8 Å². The number of aliphatic hydroxyl groups is 1. The summed E-state index contributed by atoms with van der Waals surface area (Å²) in [7, 11) is 2.20. The summed E-state index contributed by atoms with van der Waals surface area (Å²) in [6.45, 7) is 2.18. The average molecular weight is 358 g/mol. The van der Waals surface area contributed by atoms with Crippen molar-refractivity contribution < 1.29 is 5.11 Å². The highest BCUT2D eigenvalue weighted by Crippen LogP contribution is 2.51. The van der Waals surface area contributed by atoms with Crippen LogP contribution in [0.15, 0.2) is 72.8 Å². The molecule has 3 aromatic carbocycles. The van der Waals surface area contributed by atoms with E-state index >= 15 is 0 Å². The zero-order chi connectivity index (χ0) is 18.4. The zero-order valence-corrected chi connectivity index (χ0v) is 15.7. The number of likely N-dealkylation sites (tertiary alicyclic amines) is 1. The van der Waals surface area contributed by atoms with Crippen molar-refractivity contribution >= 4 is 10.8 Å². The molecule has 2 saturated heterocycles. The van der Waals surface area contributed by atoms with Gasteiger partial charge in [-0.3, -0.25) is 5.32 Å². The maximum absolute atomic E-state index is 10.6. The quantitative estimate of drug-likeness (QED) is 0.752. The van der Waals surface area contributed by atoms with Gasteiger partial charge in [-0.15, -0.1) is 0 Å². The van der Waals surface area contributed by atoms with Gasteiger partial charge in [-0.2, -0.15) is 0 Å². The van der Waals surface area contributed by atoms with Crippen molar-refractivity contribution in [2.24, 2.45) is 11.8 Å². The summed E-state index contributed by atoms with van der Waals surface area (Å²) in [5, 5.41) is 17.1. The lowest BCUT2D eigenvalue weighted by Crippen LogP contribution is -2.47. The van der Waals surface area contributed by atoms with Gasteiger partial charge in [-0.05, 0) is 34.9 Å². The fourth-order valence-electron chi connectivity index (χ4n) is 5.50. The lowest BCUT2D eigenvalue weighted by atomic mass is 9.76. The summed E-state index contributed by atoms with van der Waals surface area (Å²) >= 11 is 0. The van der Waals surface area contributed by atoms with E-state index < -0.39 is 5.54 Å². The van der Waals surface area contributed by atoms with E-state index in [0.717, 1.165) is 13.1 Å². The van der Waals surface area contributed by atoms with Crippen LogP contribution < -0.4 is 5.32 Å². The SMILES string of the molecule is CN1C[C@H]2[C@@H](C1)[C@](CO)(c1ccccc1)N[C@H]2c1cccc2ccccc12. The van der Waals surface area contributed by atoms with Crippen molar-refractivity contribution in [2.45, 2.75) is 11.6 Å². The Bertz CT molecular complexity index is 952. The molecule has 5 rings (SSSR count). The molecule has 27 heavy (non-hydrogen) atoms. The molecule has 3 heteroatoms. The number of hydrogen-bond donors (Lipinski definition) is 2. The Balaban J connectivity index is 1.66. The molecular weight excluding hydrogens is 332 g/mol. The van der Waals surface area contributed by atoms with Crippen LogP contribution in [-0.2, 0) is 5.54 Å². The summed E-state index contributed by atoms with van der Waals surface area (Å²) in [4.78, 5) is 2.42. The van der Waals surface area contributed by atoms with Gasteiger partial charge >= 0.3 is 0 Å². The Morgan fingerprint density at radius 2 is 1.70 bits per heavy atom. The highest BCUT2D eigenvalue weighted by atomic mass is 16.3. The molecule has 0 aliphatic carbocycles. The van der Waals surface area contributed by atoms with E-state index in [1.54, 1.807) is 0 Å². The minimum Gasteiger partial charge on any atom is -0.394 e. The summed E-state index contributed by atoms with van der Waals surface area (Å²) in [5.74, 6) is 0.868. The van der Waals surface area contributed by atoms with Crippen molar-refractivity contribution in [3.63, 3.8) is 0 Å². The summed E-state index contributed by atoms with van der Waals surface area (Å²) in [6, 6.07) is 26.0. The third-order valence-corrected chi connectivity index (χ3v) is 6.72. The molecule has 0 amide bonds. The van der Waals surface area contributed by atoms with Crippen LogP contribution in [0.4, 0.5) is 0 Å². The molecule has 0 saturated carbocycles. The molecule has 0 unspecified atom stereocenters. The van der Waals surface area contributed by atoms with Gasteiger partial charge in [0.05, 0.1) is 12.1 Å². The summed E-state index contributed by atoms with van der Waals surface area (Å²) in [5.41, 5.74) is 2.16. The number of fused-ring (bicyclic) bond motifs is 2. The number of nitrogens with one attached hydrogen (secondary N) is 1. The van der Waals surface area contributed by atoms with Crippen molar-refractivity contribution in [1.82, 2.24) is 10.2 Å². The van der Waals surface area contributed by atoms with Crippen LogP contribution in [0, 0.1) is 11.8 Å². The third-order valence-electron chi connectivity index (χ3n) is 6.72. The first-order valence-electron chi connectivity index (χ1n) is 9.83. The van der Waals surface area contributed by atoms with Crippen LogP contribution in [0.3, 0.4) is 0 Å². The Hall–Kier alpha value is -2.20. The second-order valence-corrected chi connectivity index (χ2v) is 8.18. The predicted octanol–water partition coefficient (Wildman–Crippen LogP) is 3.55. The number of aliphatic hydroxyl groups excluding tert-OH is 1. The first-order valence-corrected chi connectivity index (χ1v) is 9.83. The Morgan fingerprint density at radius 1 is 0.963 bits per heavy atom. The standard InChI is InChI=1S/C24H26N2O/c1-26-14-21-22(15-26)24(16-27,18-10-3-2-4-11-18)25-23(21)20-13-7-9-17-8-5-6-12-19(17)20/h2-13,21-23,25,27H,14-16H2,1H3/t21-,22+,23-,24-/m0/s1. The number of rotatable bonds is 3.